The Hall–Kier alpha value is -2.40. The van der Waals surface area contributed by atoms with Crippen LogP contribution in [-0.2, 0) is 0 Å². The van der Waals surface area contributed by atoms with Gasteiger partial charge in [-0.25, -0.2) is 14.3 Å². The zero-order valence-corrected chi connectivity index (χ0v) is 11.3. The number of aryl methyl sites for hydroxylation is 1. The number of nitrogens with zero attached hydrogens (tertiary/aromatic N) is 3. The maximum absolute atomic E-state index is 11.3. The van der Waals surface area contributed by atoms with Crippen LogP contribution in [0.4, 0.5) is 0 Å². The zero-order valence-electron chi connectivity index (χ0n) is 10.5. The highest BCUT2D eigenvalue weighted by atomic mass is 35.5. The van der Waals surface area contributed by atoms with E-state index in [2.05, 4.69) is 10.1 Å². The molecule has 0 atom stereocenters. The summed E-state index contributed by atoms with van der Waals surface area (Å²) in [6.45, 7) is 1.75. The number of hydrogen-bond acceptors (Lipinski definition) is 3. The first kappa shape index (κ1) is 12.6. The van der Waals surface area contributed by atoms with Gasteiger partial charge in [-0.15, -0.1) is 0 Å². The Morgan fingerprint density at radius 1 is 1.25 bits per heavy atom. The molecule has 0 radical (unpaired) electrons. The fourth-order valence-electron chi connectivity index (χ4n) is 2.01. The number of benzene rings is 1. The molecule has 3 aromatic rings. The Balaban J connectivity index is 2.22. The van der Waals surface area contributed by atoms with Crippen molar-refractivity contribution in [1.29, 1.82) is 0 Å². The number of aromatic carboxylic acids is 1. The van der Waals surface area contributed by atoms with Crippen molar-refractivity contribution in [3.8, 4) is 11.3 Å². The fourth-order valence-corrected chi connectivity index (χ4v) is 2.14. The molecule has 0 aliphatic heterocycles. The van der Waals surface area contributed by atoms with Crippen LogP contribution in [0.2, 0.25) is 5.02 Å². The van der Waals surface area contributed by atoms with Crippen LogP contribution in [0.1, 0.15) is 16.2 Å². The SMILES string of the molecule is Cc1cc(C(=O)O)n2nc(-c3ccc(Cl)cc3)cc2n1. The van der Waals surface area contributed by atoms with Crippen molar-refractivity contribution >= 4 is 23.2 Å². The molecule has 0 aliphatic rings. The van der Waals surface area contributed by atoms with Crippen molar-refractivity contribution in [2.75, 3.05) is 0 Å². The number of halogens is 1. The second-order valence-electron chi connectivity index (χ2n) is 4.39. The van der Waals surface area contributed by atoms with Gasteiger partial charge < -0.3 is 5.11 Å². The Bertz CT molecular complexity index is 809. The second-order valence-corrected chi connectivity index (χ2v) is 4.83. The Morgan fingerprint density at radius 2 is 1.95 bits per heavy atom. The maximum atomic E-state index is 11.3. The highest BCUT2D eigenvalue weighted by Gasteiger charge is 2.14. The molecule has 3 rings (SSSR count). The first-order valence-electron chi connectivity index (χ1n) is 5.91. The van der Waals surface area contributed by atoms with E-state index in [-0.39, 0.29) is 5.69 Å². The van der Waals surface area contributed by atoms with Gasteiger partial charge in [0.2, 0.25) is 0 Å². The minimum absolute atomic E-state index is 0.0905. The quantitative estimate of drug-likeness (QED) is 0.786. The Kier molecular flexibility index (Phi) is 2.91. The van der Waals surface area contributed by atoms with E-state index in [9.17, 15) is 9.90 Å². The summed E-state index contributed by atoms with van der Waals surface area (Å²) in [7, 11) is 0. The molecule has 5 nitrogen and oxygen atoms in total. The number of rotatable bonds is 2. The number of hydrogen-bond donors (Lipinski definition) is 1. The largest absolute Gasteiger partial charge is 0.477 e. The van der Waals surface area contributed by atoms with Crippen molar-refractivity contribution in [3.63, 3.8) is 0 Å². The lowest BCUT2D eigenvalue weighted by molar-refractivity contribution is 0.0687. The van der Waals surface area contributed by atoms with Crippen LogP contribution in [0.15, 0.2) is 36.4 Å². The summed E-state index contributed by atoms with van der Waals surface area (Å²) in [6.07, 6.45) is 0. The van der Waals surface area contributed by atoms with E-state index in [4.69, 9.17) is 11.6 Å². The molecule has 6 heteroatoms. The van der Waals surface area contributed by atoms with Crippen LogP contribution in [0.25, 0.3) is 16.9 Å². The van der Waals surface area contributed by atoms with Crippen LogP contribution >= 0.6 is 11.6 Å². The molecule has 0 spiro atoms. The van der Waals surface area contributed by atoms with Crippen LogP contribution in [0.5, 0.6) is 0 Å². The summed E-state index contributed by atoms with van der Waals surface area (Å²) >= 11 is 5.85. The Morgan fingerprint density at radius 3 is 2.60 bits per heavy atom. The van der Waals surface area contributed by atoms with Gasteiger partial charge in [-0.05, 0) is 25.1 Å². The van der Waals surface area contributed by atoms with E-state index in [1.807, 2.05) is 12.1 Å². The van der Waals surface area contributed by atoms with E-state index >= 15 is 0 Å². The number of carboxylic acids is 1. The minimum atomic E-state index is -1.04. The lowest BCUT2D eigenvalue weighted by Gasteiger charge is -2.00. The standard InChI is InChI=1S/C14H10ClN3O2/c1-8-6-12(14(19)20)18-13(16-8)7-11(17-18)9-2-4-10(15)5-3-9/h2-7H,1H3,(H,19,20). The topological polar surface area (TPSA) is 67.5 Å². The van der Waals surface area contributed by atoms with Crippen LogP contribution in [0, 0.1) is 6.92 Å². The maximum Gasteiger partial charge on any atom is 0.354 e. The van der Waals surface area contributed by atoms with Gasteiger partial charge >= 0.3 is 5.97 Å². The van der Waals surface area contributed by atoms with Crippen molar-refractivity contribution < 1.29 is 9.90 Å². The van der Waals surface area contributed by atoms with Crippen molar-refractivity contribution in [2.24, 2.45) is 0 Å². The van der Waals surface area contributed by atoms with Gasteiger partial charge in [0, 0.05) is 22.3 Å². The first-order chi connectivity index (χ1) is 9.54. The third-order valence-electron chi connectivity index (χ3n) is 2.91. The summed E-state index contributed by atoms with van der Waals surface area (Å²) in [4.78, 5) is 15.5. The highest BCUT2D eigenvalue weighted by molar-refractivity contribution is 6.30. The first-order valence-corrected chi connectivity index (χ1v) is 6.29. The van der Waals surface area contributed by atoms with Gasteiger partial charge in [0.15, 0.2) is 11.3 Å². The molecular formula is C14H10ClN3O2. The van der Waals surface area contributed by atoms with E-state index in [0.29, 0.717) is 22.1 Å². The van der Waals surface area contributed by atoms with Gasteiger partial charge in [0.25, 0.3) is 0 Å². The number of fused-ring (bicyclic) bond motifs is 1. The summed E-state index contributed by atoms with van der Waals surface area (Å²) in [5.74, 6) is -1.04. The molecule has 1 aromatic carbocycles. The molecule has 2 aromatic heterocycles. The van der Waals surface area contributed by atoms with Crippen molar-refractivity contribution in [2.45, 2.75) is 6.92 Å². The molecule has 0 unspecified atom stereocenters. The van der Waals surface area contributed by atoms with E-state index in [0.717, 1.165) is 5.56 Å². The summed E-state index contributed by atoms with van der Waals surface area (Å²) in [5, 5.41) is 14.2. The monoisotopic (exact) mass is 287 g/mol. The minimum Gasteiger partial charge on any atom is -0.477 e. The normalized spacial score (nSPS) is 10.9. The average molecular weight is 288 g/mol. The molecule has 1 N–H and O–H groups in total. The van der Waals surface area contributed by atoms with E-state index < -0.39 is 5.97 Å². The van der Waals surface area contributed by atoms with E-state index in [1.54, 1.807) is 25.1 Å². The van der Waals surface area contributed by atoms with Gasteiger partial charge in [0.05, 0.1) is 5.69 Å². The molecule has 100 valence electrons. The summed E-state index contributed by atoms with van der Waals surface area (Å²) < 4.78 is 1.33. The number of aromatic nitrogens is 3. The average Bonchev–Trinajstić information content (AvgIpc) is 2.81. The zero-order chi connectivity index (χ0) is 14.3. The van der Waals surface area contributed by atoms with Crippen LogP contribution < -0.4 is 0 Å². The molecule has 0 fully saturated rings. The van der Waals surface area contributed by atoms with Crippen LogP contribution in [0.3, 0.4) is 0 Å². The lowest BCUT2D eigenvalue weighted by atomic mass is 10.2. The smallest absolute Gasteiger partial charge is 0.354 e. The predicted octanol–water partition coefficient (Wildman–Crippen LogP) is 3.06. The molecular weight excluding hydrogens is 278 g/mol. The lowest BCUT2D eigenvalue weighted by Crippen LogP contribution is -2.08. The third kappa shape index (κ3) is 2.12. The molecule has 20 heavy (non-hydrogen) atoms. The van der Waals surface area contributed by atoms with Gasteiger partial charge in [-0.3, -0.25) is 0 Å². The van der Waals surface area contributed by atoms with Gasteiger partial charge in [-0.2, -0.15) is 5.10 Å². The van der Waals surface area contributed by atoms with Gasteiger partial charge in [0.1, 0.15) is 0 Å². The van der Waals surface area contributed by atoms with Crippen molar-refractivity contribution in [1.82, 2.24) is 14.6 Å². The molecule has 0 saturated heterocycles. The molecule has 0 bridgehead atoms. The predicted molar refractivity (Wildman–Crippen MR) is 75.1 cm³/mol. The number of carboxylic acid groups (broad SMARTS) is 1. The molecule has 0 saturated carbocycles. The van der Waals surface area contributed by atoms with Crippen LogP contribution in [-0.4, -0.2) is 25.7 Å². The summed E-state index contributed by atoms with van der Waals surface area (Å²) in [6, 6.07) is 10.4. The molecule has 0 amide bonds. The third-order valence-corrected chi connectivity index (χ3v) is 3.17. The van der Waals surface area contributed by atoms with Crippen molar-refractivity contribution in [3.05, 3.63) is 52.8 Å². The molecule has 2 heterocycles. The Labute approximate surface area is 119 Å². The molecule has 0 aliphatic carbocycles. The number of carbonyl (C=O) groups is 1. The fraction of sp³-hybridized carbons (Fsp3) is 0.0714. The van der Waals surface area contributed by atoms with Gasteiger partial charge in [-0.1, -0.05) is 23.7 Å². The second kappa shape index (κ2) is 4.61. The summed E-state index contributed by atoms with van der Waals surface area (Å²) in [5.41, 5.74) is 2.74. The van der Waals surface area contributed by atoms with E-state index in [1.165, 1.54) is 10.6 Å². The highest BCUT2D eigenvalue weighted by Crippen LogP contribution is 2.22.